The summed E-state index contributed by atoms with van der Waals surface area (Å²) in [5.74, 6) is -5.14. The summed E-state index contributed by atoms with van der Waals surface area (Å²) in [6, 6.07) is 20.1. The normalized spacial score (nSPS) is 20.6. The number of hydrogen-bond donors (Lipinski definition) is 0. The number of likely N-dealkylation sites (N-methyl/N-ethyl adjacent to an activating group) is 1. The molecule has 2 aromatic carbocycles. The molecule has 0 saturated heterocycles. The molecule has 0 amide bonds. The predicted octanol–water partition coefficient (Wildman–Crippen LogP) is 9.12. The van der Waals surface area contributed by atoms with E-state index in [1.165, 1.54) is 12.5 Å². The van der Waals surface area contributed by atoms with E-state index in [0.29, 0.717) is 11.6 Å². The molecule has 2 nitrogen and oxygen atoms in total. The van der Waals surface area contributed by atoms with Gasteiger partial charge in [-0.05, 0) is 74.1 Å². The first-order valence-electron chi connectivity index (χ1n) is 13.8. The van der Waals surface area contributed by atoms with E-state index in [1.54, 1.807) is 6.07 Å². The summed E-state index contributed by atoms with van der Waals surface area (Å²) in [7, 11) is 0. The van der Waals surface area contributed by atoms with Crippen molar-refractivity contribution in [1.29, 1.82) is 5.26 Å². The fourth-order valence-corrected chi connectivity index (χ4v) is 5.68. The van der Waals surface area contributed by atoms with Crippen LogP contribution in [-0.2, 0) is 12.8 Å². The topological polar surface area (TPSA) is 27.0 Å². The summed E-state index contributed by atoms with van der Waals surface area (Å²) in [6.45, 7) is 7.74. The Bertz CT molecular complexity index is 995. The number of halogens is 6. The van der Waals surface area contributed by atoms with Gasteiger partial charge in [0.25, 0.3) is 0 Å². The Labute approximate surface area is 229 Å². The molecule has 0 bridgehead atoms. The van der Waals surface area contributed by atoms with Crippen molar-refractivity contribution in [2.45, 2.75) is 90.0 Å². The monoisotopic (exact) mass is 554 g/mol. The second kappa shape index (κ2) is 15.3. The van der Waals surface area contributed by atoms with Crippen LogP contribution >= 0.6 is 0 Å². The van der Waals surface area contributed by atoms with Crippen LogP contribution in [0.5, 0.6) is 0 Å². The van der Waals surface area contributed by atoms with E-state index in [2.05, 4.69) is 43.0 Å². The quantitative estimate of drug-likeness (QED) is 0.274. The molecule has 2 aromatic rings. The zero-order chi connectivity index (χ0) is 29.1. The van der Waals surface area contributed by atoms with Crippen molar-refractivity contribution in [2.75, 3.05) is 13.1 Å². The first kappa shape index (κ1) is 32.7. The molecule has 1 fully saturated rings. The lowest BCUT2D eigenvalue weighted by atomic mass is 9.71. The van der Waals surface area contributed by atoms with Gasteiger partial charge in [-0.3, -0.25) is 0 Å². The van der Waals surface area contributed by atoms with Gasteiger partial charge in [0.2, 0.25) is 0 Å². The molecule has 1 aliphatic carbocycles. The number of hydrogen-bond acceptors (Lipinski definition) is 2. The average molecular weight is 555 g/mol. The zero-order valence-corrected chi connectivity index (χ0v) is 23.0. The van der Waals surface area contributed by atoms with Gasteiger partial charge < -0.3 is 4.90 Å². The fraction of sp³-hybridized carbons (Fsp3) is 0.581. The van der Waals surface area contributed by atoms with Crippen LogP contribution in [0.2, 0.25) is 0 Å². The van der Waals surface area contributed by atoms with Crippen LogP contribution in [0.15, 0.2) is 54.6 Å². The van der Waals surface area contributed by atoms with E-state index in [9.17, 15) is 26.3 Å². The Morgan fingerprint density at radius 1 is 0.846 bits per heavy atom. The Kier molecular flexibility index (Phi) is 12.8. The molecule has 4 unspecified atom stereocenters. The third-order valence-electron chi connectivity index (χ3n) is 7.83. The van der Waals surface area contributed by atoms with E-state index in [0.717, 1.165) is 44.3 Å². The van der Waals surface area contributed by atoms with E-state index in [-0.39, 0.29) is 6.42 Å². The molecule has 8 heteroatoms. The number of aryl methyl sites for hydroxylation is 1. The Morgan fingerprint density at radius 2 is 1.41 bits per heavy atom. The highest BCUT2D eigenvalue weighted by Crippen LogP contribution is 2.52. The van der Waals surface area contributed by atoms with Gasteiger partial charge in [0, 0.05) is 19.5 Å². The molecule has 1 saturated carbocycles. The van der Waals surface area contributed by atoms with Gasteiger partial charge in [-0.2, -0.15) is 31.6 Å². The number of alkyl halides is 6. The molecular formula is C31H40F6N2. The number of benzene rings is 2. The second-order valence-electron chi connectivity index (χ2n) is 10.2. The van der Waals surface area contributed by atoms with Crippen LogP contribution in [-0.4, -0.2) is 36.4 Å². The molecule has 0 aromatic heterocycles. The highest BCUT2D eigenvalue weighted by atomic mass is 19.4. The van der Waals surface area contributed by atoms with Crippen LogP contribution in [0.25, 0.3) is 0 Å². The van der Waals surface area contributed by atoms with Crippen molar-refractivity contribution in [3.63, 3.8) is 0 Å². The molecule has 0 aliphatic heterocycles. The van der Waals surface area contributed by atoms with Crippen LogP contribution < -0.4 is 0 Å². The van der Waals surface area contributed by atoms with Gasteiger partial charge in [0.1, 0.15) is 0 Å². The van der Waals surface area contributed by atoms with Crippen LogP contribution in [0, 0.1) is 23.2 Å². The van der Waals surface area contributed by atoms with Crippen molar-refractivity contribution in [2.24, 2.45) is 11.8 Å². The second-order valence-corrected chi connectivity index (χ2v) is 10.2. The van der Waals surface area contributed by atoms with Gasteiger partial charge in [-0.15, -0.1) is 0 Å². The Hall–Kier alpha value is -2.53. The van der Waals surface area contributed by atoms with Crippen molar-refractivity contribution < 1.29 is 26.3 Å². The summed E-state index contributed by atoms with van der Waals surface area (Å²) >= 11 is 0. The molecule has 4 atom stereocenters. The zero-order valence-electron chi connectivity index (χ0n) is 23.0. The minimum atomic E-state index is -4.85. The van der Waals surface area contributed by atoms with Crippen LogP contribution in [0.4, 0.5) is 26.3 Å². The average Bonchev–Trinajstić information content (AvgIpc) is 2.90. The van der Waals surface area contributed by atoms with Crippen LogP contribution in [0.3, 0.4) is 0 Å². The van der Waals surface area contributed by atoms with Crippen molar-refractivity contribution in [3.05, 3.63) is 71.3 Å². The van der Waals surface area contributed by atoms with Gasteiger partial charge in [0.15, 0.2) is 0 Å². The highest BCUT2D eigenvalue weighted by molar-refractivity contribution is 5.26. The standard InChI is InChI=1S/C29H37F6N.C2H3N/c1-3-25(36(4-2)19-18-21-8-6-5-7-9-21)16-12-22-10-13-23(14-11-22)24-15-17-26(28(30,31)32)27(20-24)29(33,34)35;1-2-3/h5-11,13-14,24-27H,3-4,12,15-20H2,1-2H3;1H3. The van der Waals surface area contributed by atoms with E-state index in [1.807, 2.05) is 30.3 Å². The van der Waals surface area contributed by atoms with Gasteiger partial charge in [-0.1, -0.05) is 68.4 Å². The summed E-state index contributed by atoms with van der Waals surface area (Å²) < 4.78 is 79.9. The largest absolute Gasteiger partial charge is 0.392 e. The Morgan fingerprint density at radius 3 is 1.92 bits per heavy atom. The number of nitrogens with zero attached hydrogens (tertiary/aromatic N) is 2. The SMILES string of the molecule is CC#N.CCC(CCc1ccc(C2CCC(C(F)(F)F)C(C(F)(F)F)C2)cc1)N(CC)CCc1ccccc1. The maximum absolute atomic E-state index is 13.4. The lowest BCUT2D eigenvalue weighted by Crippen LogP contribution is -2.42. The molecule has 0 heterocycles. The number of nitriles is 1. The lowest BCUT2D eigenvalue weighted by Gasteiger charge is -2.38. The highest BCUT2D eigenvalue weighted by Gasteiger charge is 2.56. The summed E-state index contributed by atoms with van der Waals surface area (Å²) in [6.07, 6.45) is -6.67. The molecule has 1 aliphatic rings. The molecule has 0 spiro atoms. The number of rotatable bonds is 10. The predicted molar refractivity (Wildman–Crippen MR) is 143 cm³/mol. The molecular weight excluding hydrogens is 514 g/mol. The molecule has 0 radical (unpaired) electrons. The van der Waals surface area contributed by atoms with E-state index >= 15 is 0 Å². The minimum absolute atomic E-state index is 0.126. The third kappa shape index (κ3) is 10.2. The summed E-state index contributed by atoms with van der Waals surface area (Å²) in [4.78, 5) is 2.50. The van der Waals surface area contributed by atoms with Gasteiger partial charge in [0.05, 0.1) is 17.9 Å². The van der Waals surface area contributed by atoms with E-state index < -0.39 is 42.9 Å². The van der Waals surface area contributed by atoms with Gasteiger partial charge in [-0.25, -0.2) is 0 Å². The van der Waals surface area contributed by atoms with Crippen molar-refractivity contribution in [1.82, 2.24) is 4.90 Å². The maximum atomic E-state index is 13.4. The maximum Gasteiger partial charge on any atom is 0.392 e. The van der Waals surface area contributed by atoms with E-state index in [4.69, 9.17) is 5.26 Å². The first-order valence-corrected chi connectivity index (χ1v) is 13.8. The molecule has 216 valence electrons. The summed E-state index contributed by atoms with van der Waals surface area (Å²) in [5, 5.41) is 7.32. The summed E-state index contributed by atoms with van der Waals surface area (Å²) in [5.41, 5.74) is 3.13. The first-order chi connectivity index (χ1) is 18.4. The fourth-order valence-electron chi connectivity index (χ4n) is 5.68. The van der Waals surface area contributed by atoms with Crippen molar-refractivity contribution in [3.8, 4) is 6.07 Å². The Balaban J connectivity index is 0.00000170. The minimum Gasteiger partial charge on any atom is -0.300 e. The molecule has 0 N–H and O–H groups in total. The third-order valence-corrected chi connectivity index (χ3v) is 7.83. The van der Waals surface area contributed by atoms with Crippen molar-refractivity contribution >= 4 is 0 Å². The molecule has 39 heavy (non-hydrogen) atoms. The lowest BCUT2D eigenvalue weighted by molar-refractivity contribution is -0.263. The smallest absolute Gasteiger partial charge is 0.300 e. The van der Waals surface area contributed by atoms with Crippen LogP contribution in [0.1, 0.15) is 75.5 Å². The van der Waals surface area contributed by atoms with Gasteiger partial charge >= 0.3 is 12.4 Å². The molecule has 3 rings (SSSR count).